The third kappa shape index (κ3) is 3.12. The number of hydrogen-bond acceptors (Lipinski definition) is 2. The summed E-state index contributed by atoms with van der Waals surface area (Å²) in [7, 11) is 0. The zero-order valence-electron chi connectivity index (χ0n) is 20.6. The summed E-state index contributed by atoms with van der Waals surface area (Å²) < 4.78 is 2.33. The van der Waals surface area contributed by atoms with Crippen molar-refractivity contribution in [2.24, 2.45) is 0 Å². The fraction of sp³-hybridized carbons (Fsp3) is 0. The third-order valence-corrected chi connectivity index (χ3v) is 7.50. The van der Waals surface area contributed by atoms with Crippen LogP contribution < -0.4 is 4.90 Å². The molecule has 178 valence electrons. The fourth-order valence-corrected chi connectivity index (χ4v) is 5.75. The molecule has 2 heterocycles. The lowest BCUT2D eigenvalue weighted by Crippen LogP contribution is -2.14. The fourth-order valence-electron chi connectivity index (χ4n) is 5.75. The maximum absolute atomic E-state index is 5.31. The Kier molecular flexibility index (Phi) is 4.52. The van der Waals surface area contributed by atoms with Crippen molar-refractivity contribution in [1.82, 2.24) is 9.55 Å². The number of imidazole rings is 1. The Morgan fingerprint density at radius 3 is 1.92 bits per heavy atom. The largest absolute Gasteiger partial charge is 0.280 e. The summed E-state index contributed by atoms with van der Waals surface area (Å²) in [6.45, 7) is 0. The van der Waals surface area contributed by atoms with Crippen molar-refractivity contribution in [2.75, 3.05) is 4.90 Å². The van der Waals surface area contributed by atoms with Gasteiger partial charge in [0, 0.05) is 16.8 Å². The summed E-state index contributed by atoms with van der Waals surface area (Å²) in [6.07, 6.45) is 0. The van der Waals surface area contributed by atoms with E-state index in [1.54, 1.807) is 0 Å². The summed E-state index contributed by atoms with van der Waals surface area (Å²) in [4.78, 5) is 7.62. The Bertz CT molecular complexity index is 1980. The van der Waals surface area contributed by atoms with Gasteiger partial charge in [-0.15, -0.1) is 0 Å². The topological polar surface area (TPSA) is 21.1 Å². The van der Waals surface area contributed by atoms with E-state index in [9.17, 15) is 0 Å². The predicted octanol–water partition coefficient (Wildman–Crippen LogP) is 9.30. The van der Waals surface area contributed by atoms with Gasteiger partial charge in [-0.05, 0) is 58.3 Å². The van der Waals surface area contributed by atoms with E-state index in [4.69, 9.17) is 4.98 Å². The molecule has 0 amide bonds. The van der Waals surface area contributed by atoms with Gasteiger partial charge in [-0.1, -0.05) is 103 Å². The molecule has 3 heteroatoms. The summed E-state index contributed by atoms with van der Waals surface area (Å²) in [5.74, 6) is 0.887. The number of hydrogen-bond donors (Lipinski definition) is 0. The molecular weight excluding hydrogens is 462 g/mol. The molecule has 0 spiro atoms. The molecule has 1 aliphatic heterocycles. The van der Waals surface area contributed by atoms with E-state index in [0.717, 1.165) is 34.0 Å². The van der Waals surface area contributed by atoms with Crippen molar-refractivity contribution in [3.05, 3.63) is 140 Å². The van der Waals surface area contributed by atoms with Gasteiger partial charge in [0.1, 0.15) is 0 Å². The molecule has 0 bridgehead atoms. The van der Waals surface area contributed by atoms with Crippen LogP contribution in [0.3, 0.4) is 0 Å². The van der Waals surface area contributed by atoms with Gasteiger partial charge in [0.05, 0.1) is 22.4 Å². The van der Waals surface area contributed by atoms with Crippen LogP contribution in [0.25, 0.3) is 49.7 Å². The van der Waals surface area contributed by atoms with Crippen molar-refractivity contribution in [3.8, 4) is 27.9 Å². The number of aromatic nitrogens is 2. The van der Waals surface area contributed by atoms with E-state index in [1.807, 2.05) is 0 Å². The summed E-state index contributed by atoms with van der Waals surface area (Å²) >= 11 is 0. The normalized spacial score (nSPS) is 12.2. The number of benzene rings is 6. The highest BCUT2D eigenvalue weighted by atomic mass is 15.3. The molecule has 0 atom stereocenters. The maximum Gasteiger partial charge on any atom is 0.220 e. The van der Waals surface area contributed by atoms with Gasteiger partial charge in [-0.25, -0.2) is 4.98 Å². The number of rotatable bonds is 2. The van der Waals surface area contributed by atoms with Crippen molar-refractivity contribution >= 4 is 39.1 Å². The first-order valence-electron chi connectivity index (χ1n) is 12.9. The Morgan fingerprint density at radius 2 is 1.11 bits per heavy atom. The Labute approximate surface area is 220 Å². The Morgan fingerprint density at radius 1 is 0.474 bits per heavy atom. The first kappa shape index (κ1) is 21.0. The molecule has 3 nitrogen and oxygen atoms in total. The lowest BCUT2D eigenvalue weighted by Gasteiger charge is -2.25. The van der Waals surface area contributed by atoms with Crippen LogP contribution in [0.4, 0.5) is 17.3 Å². The first-order chi connectivity index (χ1) is 18.8. The van der Waals surface area contributed by atoms with Crippen LogP contribution in [0.2, 0.25) is 0 Å². The van der Waals surface area contributed by atoms with E-state index in [0.29, 0.717) is 0 Å². The summed E-state index contributed by atoms with van der Waals surface area (Å²) in [5, 5.41) is 2.40. The van der Waals surface area contributed by atoms with Crippen molar-refractivity contribution in [1.29, 1.82) is 0 Å². The number of anilines is 3. The molecule has 6 aromatic carbocycles. The van der Waals surface area contributed by atoms with E-state index >= 15 is 0 Å². The minimum absolute atomic E-state index is 0.887. The van der Waals surface area contributed by atoms with Gasteiger partial charge in [0.15, 0.2) is 0 Å². The zero-order chi connectivity index (χ0) is 25.1. The van der Waals surface area contributed by atoms with E-state index in [2.05, 4.69) is 149 Å². The lowest BCUT2D eigenvalue weighted by atomic mass is 10.0. The molecule has 0 fully saturated rings. The van der Waals surface area contributed by atoms with Crippen LogP contribution in [0.5, 0.6) is 0 Å². The molecule has 1 aromatic heterocycles. The van der Waals surface area contributed by atoms with Gasteiger partial charge in [0.25, 0.3) is 0 Å². The van der Waals surface area contributed by atoms with Crippen molar-refractivity contribution in [3.63, 3.8) is 0 Å². The molecule has 0 aliphatic carbocycles. The third-order valence-electron chi connectivity index (χ3n) is 7.50. The van der Waals surface area contributed by atoms with Crippen LogP contribution in [0.15, 0.2) is 140 Å². The summed E-state index contributed by atoms with van der Waals surface area (Å²) in [6, 6.07) is 49.6. The van der Waals surface area contributed by atoms with Gasteiger partial charge < -0.3 is 0 Å². The molecule has 0 unspecified atom stereocenters. The van der Waals surface area contributed by atoms with E-state index in [1.165, 1.54) is 33.0 Å². The lowest BCUT2D eigenvalue weighted by molar-refractivity contribution is 1.05. The Balaban J connectivity index is 1.48. The molecule has 0 saturated heterocycles. The number of nitrogens with zero attached hydrogens (tertiary/aromatic N) is 3. The van der Waals surface area contributed by atoms with Crippen LogP contribution >= 0.6 is 0 Å². The number of fused-ring (bicyclic) bond motifs is 8. The van der Waals surface area contributed by atoms with Gasteiger partial charge in [-0.2, -0.15) is 0 Å². The molecule has 0 N–H and O–H groups in total. The quantitative estimate of drug-likeness (QED) is 0.243. The van der Waals surface area contributed by atoms with Crippen LogP contribution in [-0.4, -0.2) is 9.55 Å². The van der Waals surface area contributed by atoms with Crippen molar-refractivity contribution < 1.29 is 0 Å². The van der Waals surface area contributed by atoms with Gasteiger partial charge >= 0.3 is 0 Å². The highest BCUT2D eigenvalue weighted by Crippen LogP contribution is 2.48. The maximum atomic E-state index is 5.31. The van der Waals surface area contributed by atoms with Gasteiger partial charge in [-0.3, -0.25) is 9.47 Å². The second-order valence-electron chi connectivity index (χ2n) is 9.72. The average molecular weight is 486 g/mol. The average Bonchev–Trinajstić information content (AvgIpc) is 3.28. The second kappa shape index (κ2) is 8.19. The van der Waals surface area contributed by atoms with Gasteiger partial charge in [0.2, 0.25) is 5.95 Å². The molecular formula is C35H23N3. The standard InChI is InChI=1S/C35H23N3/c1-2-11-24(12-3-1)25-15-10-16-28(21-25)37-32-19-8-6-17-29(32)30-18-7-9-20-33(30)38-34-23-27-14-5-4-13-26(27)22-31(34)36-35(37)38/h1-23H. The first-order valence-corrected chi connectivity index (χ1v) is 12.9. The molecule has 38 heavy (non-hydrogen) atoms. The highest BCUT2D eigenvalue weighted by Gasteiger charge is 2.29. The molecule has 7 aromatic rings. The van der Waals surface area contributed by atoms with Crippen LogP contribution in [-0.2, 0) is 0 Å². The van der Waals surface area contributed by atoms with E-state index < -0.39 is 0 Å². The smallest absolute Gasteiger partial charge is 0.220 e. The molecule has 1 aliphatic rings. The van der Waals surface area contributed by atoms with Crippen LogP contribution in [0, 0.1) is 0 Å². The minimum Gasteiger partial charge on any atom is -0.280 e. The monoisotopic (exact) mass is 485 g/mol. The number of para-hydroxylation sites is 2. The zero-order valence-corrected chi connectivity index (χ0v) is 20.6. The predicted molar refractivity (Wildman–Crippen MR) is 158 cm³/mol. The molecule has 8 rings (SSSR count). The summed E-state index contributed by atoms with van der Waals surface area (Å²) in [5.41, 5.74) is 10.2. The second-order valence-corrected chi connectivity index (χ2v) is 9.72. The minimum atomic E-state index is 0.887. The molecule has 0 saturated carbocycles. The SMILES string of the molecule is c1ccc(-c2cccc(N3c4ccccc4-c4ccccc4-n4c3nc3cc5ccccc5cc34)c2)cc1. The van der Waals surface area contributed by atoms with Crippen LogP contribution in [0.1, 0.15) is 0 Å². The highest BCUT2D eigenvalue weighted by molar-refractivity contribution is 6.01. The Hall–Kier alpha value is -5.15. The van der Waals surface area contributed by atoms with Crippen molar-refractivity contribution in [2.45, 2.75) is 0 Å². The molecule has 0 radical (unpaired) electrons. The van der Waals surface area contributed by atoms with E-state index in [-0.39, 0.29) is 0 Å².